The van der Waals surface area contributed by atoms with Gasteiger partial charge in [-0.25, -0.2) is 10.2 Å². The Bertz CT molecular complexity index is 1220. The Morgan fingerprint density at radius 2 is 1.35 bits per heavy atom. The van der Waals surface area contributed by atoms with Crippen LogP contribution in [0.15, 0.2) is 71.8 Å². The van der Waals surface area contributed by atoms with Gasteiger partial charge in [-0.3, -0.25) is 9.59 Å². The maximum Gasteiger partial charge on any atom is 0.343 e. The summed E-state index contributed by atoms with van der Waals surface area (Å²) in [6.07, 6.45) is 0. The average Bonchev–Trinajstić information content (AvgIpc) is 2.82. The summed E-state index contributed by atoms with van der Waals surface area (Å²) >= 11 is 11.7. The first-order valence-corrected chi connectivity index (χ1v) is 10.6. The van der Waals surface area contributed by atoms with Gasteiger partial charge in [-0.05, 0) is 79.2 Å². The van der Waals surface area contributed by atoms with Gasteiger partial charge in [0.2, 0.25) is 0 Å². The molecule has 3 aromatic carbocycles. The Kier molecular flexibility index (Phi) is 8.24. The molecular formula is C24H19Cl2N3O5. The van der Waals surface area contributed by atoms with E-state index in [9.17, 15) is 14.4 Å². The fraction of sp³-hybridized carbons (Fsp3) is 0.0833. The number of hydrogen-bond donors (Lipinski definition) is 2. The zero-order valence-corrected chi connectivity index (χ0v) is 19.6. The number of esters is 1. The summed E-state index contributed by atoms with van der Waals surface area (Å²) in [6.45, 7) is 1.65. The van der Waals surface area contributed by atoms with Crippen LogP contribution < -0.4 is 20.2 Å². The molecule has 0 spiro atoms. The minimum Gasteiger partial charge on any atom is -0.497 e. The second-order valence-corrected chi connectivity index (χ2v) is 7.77. The van der Waals surface area contributed by atoms with Crippen LogP contribution in [-0.4, -0.2) is 30.6 Å². The molecule has 2 amide bonds. The Labute approximate surface area is 205 Å². The van der Waals surface area contributed by atoms with Gasteiger partial charge >= 0.3 is 17.8 Å². The molecule has 0 fully saturated rings. The molecule has 0 heterocycles. The number of amides is 2. The largest absolute Gasteiger partial charge is 0.497 e. The van der Waals surface area contributed by atoms with Crippen molar-refractivity contribution in [3.63, 3.8) is 0 Å². The second-order valence-electron chi connectivity index (χ2n) is 6.89. The maximum atomic E-state index is 12.3. The molecule has 0 radical (unpaired) electrons. The number of hydrogen-bond acceptors (Lipinski definition) is 6. The van der Waals surface area contributed by atoms with E-state index in [0.29, 0.717) is 38.4 Å². The summed E-state index contributed by atoms with van der Waals surface area (Å²) < 4.78 is 10.4. The number of nitrogens with zero attached hydrogens (tertiary/aromatic N) is 1. The van der Waals surface area contributed by atoms with Crippen LogP contribution in [0.2, 0.25) is 10.0 Å². The number of methoxy groups -OCH3 is 1. The first kappa shape index (κ1) is 24.8. The van der Waals surface area contributed by atoms with E-state index in [0.717, 1.165) is 0 Å². The first-order chi connectivity index (χ1) is 16.2. The number of benzene rings is 3. The lowest BCUT2D eigenvalue weighted by molar-refractivity contribution is -0.136. The quantitative estimate of drug-likeness (QED) is 0.168. The van der Waals surface area contributed by atoms with Gasteiger partial charge in [0, 0.05) is 15.7 Å². The third kappa shape index (κ3) is 6.81. The molecule has 0 aromatic heterocycles. The average molecular weight is 500 g/mol. The summed E-state index contributed by atoms with van der Waals surface area (Å²) in [7, 11) is 1.54. The number of rotatable bonds is 6. The standard InChI is InChI=1S/C24H19Cl2N3O5/c1-14(28-29-23(31)22(30)27-19-12-17(25)11-18(26)13-19)15-3-9-21(10-4-15)34-24(32)16-5-7-20(33-2)8-6-16/h3-13H,1-2H3,(H,27,30)(H,29,31). The van der Waals surface area contributed by atoms with Crippen molar-refractivity contribution in [2.24, 2.45) is 5.10 Å². The Morgan fingerprint density at radius 1 is 0.794 bits per heavy atom. The molecule has 10 heteroatoms. The highest BCUT2D eigenvalue weighted by atomic mass is 35.5. The third-order valence-corrected chi connectivity index (χ3v) is 4.90. The number of carbonyl (C=O) groups excluding carboxylic acids is 3. The van der Waals surface area contributed by atoms with Crippen LogP contribution in [-0.2, 0) is 9.59 Å². The van der Waals surface area contributed by atoms with E-state index in [1.807, 2.05) is 0 Å². The molecule has 0 aliphatic heterocycles. The normalized spacial score (nSPS) is 10.9. The van der Waals surface area contributed by atoms with Crippen LogP contribution in [0.4, 0.5) is 5.69 Å². The molecular weight excluding hydrogens is 481 g/mol. The summed E-state index contributed by atoms with van der Waals surface area (Å²) in [6, 6.07) is 17.4. The lowest BCUT2D eigenvalue weighted by atomic mass is 10.1. The Balaban J connectivity index is 1.57. The highest BCUT2D eigenvalue weighted by molar-refractivity contribution is 6.40. The summed E-state index contributed by atoms with van der Waals surface area (Å²) in [4.78, 5) is 36.3. The highest BCUT2D eigenvalue weighted by Gasteiger charge is 2.14. The van der Waals surface area contributed by atoms with Crippen molar-refractivity contribution in [2.45, 2.75) is 6.92 Å². The number of nitrogens with one attached hydrogen (secondary N) is 2. The van der Waals surface area contributed by atoms with E-state index in [-0.39, 0.29) is 5.69 Å². The molecule has 0 aliphatic rings. The zero-order valence-electron chi connectivity index (χ0n) is 18.1. The van der Waals surface area contributed by atoms with Crippen LogP contribution in [0.3, 0.4) is 0 Å². The topological polar surface area (TPSA) is 106 Å². The van der Waals surface area contributed by atoms with Crippen LogP contribution in [0.1, 0.15) is 22.8 Å². The van der Waals surface area contributed by atoms with Gasteiger partial charge in [-0.15, -0.1) is 0 Å². The third-order valence-electron chi connectivity index (χ3n) is 4.46. The van der Waals surface area contributed by atoms with Crippen LogP contribution in [0.5, 0.6) is 11.5 Å². The summed E-state index contributed by atoms with van der Waals surface area (Å²) in [5.74, 6) is -1.45. The van der Waals surface area contributed by atoms with Crippen molar-refractivity contribution in [1.82, 2.24) is 5.43 Å². The number of carbonyl (C=O) groups is 3. The number of halogens is 2. The van der Waals surface area contributed by atoms with Crippen molar-refractivity contribution >= 4 is 52.4 Å². The Hall–Kier alpha value is -3.88. The fourth-order valence-electron chi connectivity index (χ4n) is 2.72. The molecule has 0 saturated heterocycles. The predicted octanol–water partition coefficient (Wildman–Crippen LogP) is 4.70. The van der Waals surface area contributed by atoms with Gasteiger partial charge in [0.1, 0.15) is 11.5 Å². The molecule has 2 N–H and O–H groups in total. The van der Waals surface area contributed by atoms with Crippen LogP contribution in [0, 0.1) is 0 Å². The molecule has 8 nitrogen and oxygen atoms in total. The molecule has 3 aromatic rings. The summed E-state index contributed by atoms with van der Waals surface area (Å²) in [5.41, 5.74) is 3.91. The number of ether oxygens (including phenoxy) is 2. The van der Waals surface area contributed by atoms with Gasteiger partial charge in [0.05, 0.1) is 18.4 Å². The van der Waals surface area contributed by atoms with Crippen molar-refractivity contribution < 1.29 is 23.9 Å². The molecule has 34 heavy (non-hydrogen) atoms. The SMILES string of the molecule is COc1ccc(C(=O)Oc2ccc(C(C)=NNC(=O)C(=O)Nc3cc(Cl)cc(Cl)c3)cc2)cc1. The zero-order chi connectivity index (χ0) is 24.7. The van der Waals surface area contributed by atoms with Crippen LogP contribution in [0.25, 0.3) is 0 Å². The van der Waals surface area contributed by atoms with E-state index in [1.54, 1.807) is 55.5 Å². The lowest BCUT2D eigenvalue weighted by Gasteiger charge is -2.07. The maximum absolute atomic E-state index is 12.3. The fourth-order valence-corrected chi connectivity index (χ4v) is 3.25. The van der Waals surface area contributed by atoms with E-state index >= 15 is 0 Å². The van der Waals surface area contributed by atoms with Crippen LogP contribution >= 0.6 is 23.2 Å². The Morgan fingerprint density at radius 3 is 1.94 bits per heavy atom. The van der Waals surface area contributed by atoms with E-state index < -0.39 is 17.8 Å². The minimum atomic E-state index is -0.972. The van der Waals surface area contributed by atoms with Crippen molar-refractivity contribution in [3.05, 3.63) is 87.9 Å². The lowest BCUT2D eigenvalue weighted by Crippen LogP contribution is -2.32. The van der Waals surface area contributed by atoms with Gasteiger partial charge in [-0.1, -0.05) is 23.2 Å². The smallest absolute Gasteiger partial charge is 0.343 e. The predicted molar refractivity (Wildman–Crippen MR) is 130 cm³/mol. The van der Waals surface area contributed by atoms with Gasteiger partial charge in [0.15, 0.2) is 0 Å². The van der Waals surface area contributed by atoms with Crippen molar-refractivity contribution in [1.29, 1.82) is 0 Å². The molecule has 174 valence electrons. The van der Waals surface area contributed by atoms with E-state index in [2.05, 4.69) is 15.8 Å². The number of hydrazone groups is 1. The van der Waals surface area contributed by atoms with Gasteiger partial charge < -0.3 is 14.8 Å². The van der Waals surface area contributed by atoms with Gasteiger partial charge in [-0.2, -0.15) is 5.10 Å². The first-order valence-electron chi connectivity index (χ1n) is 9.83. The monoisotopic (exact) mass is 499 g/mol. The summed E-state index contributed by atoms with van der Waals surface area (Å²) in [5, 5.41) is 6.95. The number of anilines is 1. The van der Waals surface area contributed by atoms with Crippen molar-refractivity contribution in [2.75, 3.05) is 12.4 Å². The molecule has 0 aliphatic carbocycles. The second kappa shape index (κ2) is 11.3. The molecule has 0 atom stereocenters. The highest BCUT2D eigenvalue weighted by Crippen LogP contribution is 2.22. The molecule has 0 bridgehead atoms. The van der Waals surface area contributed by atoms with Crippen molar-refractivity contribution in [3.8, 4) is 11.5 Å². The van der Waals surface area contributed by atoms with Gasteiger partial charge in [0.25, 0.3) is 0 Å². The molecule has 0 saturated carbocycles. The molecule has 3 rings (SSSR count). The molecule has 0 unspecified atom stereocenters. The minimum absolute atomic E-state index is 0.276. The van der Waals surface area contributed by atoms with E-state index in [1.165, 1.54) is 25.3 Å². The van der Waals surface area contributed by atoms with E-state index in [4.69, 9.17) is 32.7 Å².